The van der Waals surface area contributed by atoms with E-state index in [0.29, 0.717) is 16.8 Å². The summed E-state index contributed by atoms with van der Waals surface area (Å²) in [5.41, 5.74) is 5.13. The average Bonchev–Trinajstić information content (AvgIpc) is 3.04. The third-order valence-electron chi connectivity index (χ3n) is 6.86. The summed E-state index contributed by atoms with van der Waals surface area (Å²) < 4.78 is 12.5. The van der Waals surface area contributed by atoms with Gasteiger partial charge in [-0.15, -0.1) is 0 Å². The number of halogens is 1. The predicted molar refractivity (Wildman–Crippen MR) is 170 cm³/mol. The van der Waals surface area contributed by atoms with Gasteiger partial charge >= 0.3 is 5.97 Å². The minimum absolute atomic E-state index is 0.138. The van der Waals surface area contributed by atoms with Crippen LogP contribution in [0, 0.1) is 0 Å². The zero-order valence-electron chi connectivity index (χ0n) is 23.3. The molecule has 0 heterocycles. The van der Waals surface area contributed by atoms with Crippen LogP contribution in [0.15, 0.2) is 132 Å². The number of hydrogen-bond acceptors (Lipinski definition) is 4. The summed E-state index contributed by atoms with van der Waals surface area (Å²) in [5.74, 6) is -0.561. The Morgan fingerprint density at radius 2 is 1.26 bits per heavy atom. The Balaban J connectivity index is 1.21. The van der Waals surface area contributed by atoms with E-state index in [1.807, 2.05) is 109 Å². The van der Waals surface area contributed by atoms with Crippen LogP contribution >= 0.6 is 15.9 Å². The Hall–Kier alpha value is -4.88. The van der Waals surface area contributed by atoms with Crippen LogP contribution in [0.1, 0.15) is 27.0 Å². The molecule has 0 bridgehead atoms. The van der Waals surface area contributed by atoms with Crippen molar-refractivity contribution in [3.05, 3.63) is 154 Å². The summed E-state index contributed by atoms with van der Waals surface area (Å²) in [6, 6.07) is 39.1. The lowest BCUT2D eigenvalue weighted by molar-refractivity contribution is -0.139. The van der Waals surface area contributed by atoms with Crippen molar-refractivity contribution >= 4 is 27.8 Å². The Morgan fingerprint density at radius 1 is 0.674 bits per heavy atom. The first-order chi connectivity index (χ1) is 20.9. The van der Waals surface area contributed by atoms with Crippen molar-refractivity contribution in [2.24, 2.45) is 0 Å². The zero-order chi connectivity index (χ0) is 30.0. The molecule has 6 nitrogen and oxygen atoms in total. The number of nitrogens with one attached hydrogen (secondary N) is 1. The first-order valence-electron chi connectivity index (χ1n) is 13.8. The molecule has 216 valence electrons. The van der Waals surface area contributed by atoms with E-state index >= 15 is 0 Å². The van der Waals surface area contributed by atoms with Gasteiger partial charge in [0, 0.05) is 10.9 Å². The molecule has 0 saturated heterocycles. The van der Waals surface area contributed by atoms with Crippen molar-refractivity contribution in [1.82, 2.24) is 5.32 Å². The number of carboxylic acids is 1. The summed E-state index contributed by atoms with van der Waals surface area (Å²) >= 11 is 3.41. The second kappa shape index (κ2) is 14.3. The van der Waals surface area contributed by atoms with Crippen LogP contribution in [0.2, 0.25) is 0 Å². The molecule has 5 rings (SSSR count). The summed E-state index contributed by atoms with van der Waals surface area (Å²) in [4.78, 5) is 25.4. The van der Waals surface area contributed by atoms with E-state index in [0.717, 1.165) is 33.6 Å². The number of carbonyl (C=O) groups is 2. The summed E-state index contributed by atoms with van der Waals surface area (Å²) in [6.07, 6.45) is 0.138. The monoisotopic (exact) mass is 635 g/mol. The highest BCUT2D eigenvalue weighted by atomic mass is 79.9. The molecule has 0 saturated carbocycles. The van der Waals surface area contributed by atoms with Gasteiger partial charge in [-0.2, -0.15) is 0 Å². The molecule has 0 radical (unpaired) electrons. The van der Waals surface area contributed by atoms with Gasteiger partial charge in [-0.1, -0.05) is 113 Å². The van der Waals surface area contributed by atoms with Crippen molar-refractivity contribution in [3.63, 3.8) is 0 Å². The molecule has 1 unspecified atom stereocenters. The van der Waals surface area contributed by atoms with E-state index in [-0.39, 0.29) is 18.6 Å². The highest BCUT2D eigenvalue weighted by Crippen LogP contribution is 2.25. The fraction of sp³-hybridized carbons (Fsp3) is 0.111. The van der Waals surface area contributed by atoms with Gasteiger partial charge in [0.1, 0.15) is 30.8 Å². The van der Waals surface area contributed by atoms with Crippen LogP contribution in [0.5, 0.6) is 11.5 Å². The Kier molecular flexibility index (Phi) is 9.87. The van der Waals surface area contributed by atoms with Gasteiger partial charge in [0.25, 0.3) is 5.91 Å². The number of benzene rings is 5. The SMILES string of the molecule is O=C(NC(Cc1ccc(-c2ccccc2)cc1)C(=O)O)c1cc(Br)ccc1OCc1ccc(OCc2ccccc2)cc1. The number of amides is 1. The first kappa shape index (κ1) is 29.6. The van der Waals surface area contributed by atoms with Gasteiger partial charge in [0.05, 0.1) is 5.56 Å². The maximum absolute atomic E-state index is 13.3. The third-order valence-corrected chi connectivity index (χ3v) is 7.35. The second-order valence-electron chi connectivity index (χ2n) is 9.98. The molecule has 0 aliphatic carbocycles. The van der Waals surface area contributed by atoms with Gasteiger partial charge < -0.3 is 19.9 Å². The Labute approximate surface area is 259 Å². The lowest BCUT2D eigenvalue weighted by atomic mass is 10.0. The maximum Gasteiger partial charge on any atom is 0.326 e. The molecule has 0 fully saturated rings. The molecule has 1 amide bonds. The molecule has 0 aliphatic rings. The lowest BCUT2D eigenvalue weighted by Gasteiger charge is -2.17. The lowest BCUT2D eigenvalue weighted by Crippen LogP contribution is -2.42. The van der Waals surface area contributed by atoms with Gasteiger partial charge in [-0.05, 0) is 58.1 Å². The molecule has 1 atom stereocenters. The summed E-state index contributed by atoms with van der Waals surface area (Å²) in [6.45, 7) is 0.696. The zero-order valence-corrected chi connectivity index (χ0v) is 24.9. The molecular formula is C36H30BrNO5. The molecule has 7 heteroatoms. The van der Waals surface area contributed by atoms with Crippen LogP contribution < -0.4 is 14.8 Å². The average molecular weight is 637 g/mol. The quantitative estimate of drug-likeness (QED) is 0.147. The number of ether oxygens (including phenoxy) is 2. The van der Waals surface area contributed by atoms with E-state index < -0.39 is 17.9 Å². The molecule has 0 spiro atoms. The van der Waals surface area contributed by atoms with Crippen molar-refractivity contribution in [3.8, 4) is 22.6 Å². The highest BCUT2D eigenvalue weighted by Gasteiger charge is 2.23. The number of carbonyl (C=O) groups excluding carboxylic acids is 1. The van der Waals surface area contributed by atoms with Gasteiger partial charge in [0.2, 0.25) is 0 Å². The van der Waals surface area contributed by atoms with E-state index in [9.17, 15) is 14.7 Å². The maximum atomic E-state index is 13.3. The molecule has 43 heavy (non-hydrogen) atoms. The Morgan fingerprint density at radius 3 is 1.93 bits per heavy atom. The largest absolute Gasteiger partial charge is 0.489 e. The van der Waals surface area contributed by atoms with Gasteiger partial charge in [-0.3, -0.25) is 4.79 Å². The fourth-order valence-corrected chi connectivity index (χ4v) is 4.89. The molecule has 2 N–H and O–H groups in total. The Bertz CT molecular complexity index is 1660. The van der Waals surface area contributed by atoms with E-state index in [2.05, 4.69) is 21.2 Å². The molecular weight excluding hydrogens is 606 g/mol. The fourth-order valence-electron chi connectivity index (χ4n) is 4.53. The molecule has 5 aromatic carbocycles. The number of carboxylic acid groups (broad SMARTS) is 1. The van der Waals surface area contributed by atoms with Crippen molar-refractivity contribution < 1.29 is 24.2 Å². The van der Waals surface area contributed by atoms with Crippen LogP contribution in [0.3, 0.4) is 0 Å². The van der Waals surface area contributed by atoms with Crippen LogP contribution in [-0.2, 0) is 24.4 Å². The molecule has 0 aromatic heterocycles. The van der Waals surface area contributed by atoms with Crippen molar-refractivity contribution in [2.45, 2.75) is 25.7 Å². The van der Waals surface area contributed by atoms with E-state index in [4.69, 9.17) is 9.47 Å². The number of aliphatic carboxylic acids is 1. The van der Waals surface area contributed by atoms with Crippen molar-refractivity contribution in [2.75, 3.05) is 0 Å². The van der Waals surface area contributed by atoms with Crippen LogP contribution in [0.25, 0.3) is 11.1 Å². The molecule has 5 aromatic rings. The summed E-state index contributed by atoms with van der Waals surface area (Å²) in [5, 5.41) is 12.6. The summed E-state index contributed by atoms with van der Waals surface area (Å²) in [7, 11) is 0. The minimum Gasteiger partial charge on any atom is -0.489 e. The van der Waals surface area contributed by atoms with Crippen LogP contribution in [0.4, 0.5) is 0 Å². The first-order valence-corrected chi connectivity index (χ1v) is 14.6. The normalized spacial score (nSPS) is 11.4. The smallest absolute Gasteiger partial charge is 0.326 e. The van der Waals surface area contributed by atoms with Crippen LogP contribution in [-0.4, -0.2) is 23.0 Å². The minimum atomic E-state index is -1.12. The highest BCUT2D eigenvalue weighted by molar-refractivity contribution is 9.10. The number of rotatable bonds is 12. The third kappa shape index (κ3) is 8.33. The van der Waals surface area contributed by atoms with Crippen molar-refractivity contribution in [1.29, 1.82) is 0 Å². The second-order valence-corrected chi connectivity index (χ2v) is 10.9. The van der Waals surface area contributed by atoms with Gasteiger partial charge in [-0.25, -0.2) is 4.79 Å². The van der Waals surface area contributed by atoms with E-state index in [1.165, 1.54) is 0 Å². The number of hydrogen-bond donors (Lipinski definition) is 2. The van der Waals surface area contributed by atoms with E-state index in [1.54, 1.807) is 18.2 Å². The topological polar surface area (TPSA) is 84.9 Å². The predicted octanol–water partition coefficient (Wildman–Crippen LogP) is 7.70. The van der Waals surface area contributed by atoms with Gasteiger partial charge in [0.15, 0.2) is 0 Å². The standard InChI is InChI=1S/C36H30BrNO5/c37-30-17-20-34(43-24-27-13-18-31(19-14-27)42-23-26-7-3-1-4-8-26)32(22-30)35(39)38-33(36(40)41)21-25-11-15-29(16-12-25)28-9-5-2-6-10-28/h1-20,22,33H,21,23-24H2,(H,38,39)(H,40,41). The molecule has 0 aliphatic heterocycles.